The van der Waals surface area contributed by atoms with Crippen molar-refractivity contribution in [1.82, 2.24) is 5.32 Å². The Hall–Kier alpha value is -1.13. The Labute approximate surface area is 107 Å². The number of nitrogens with one attached hydrogen (secondary N) is 1. The van der Waals surface area contributed by atoms with E-state index in [4.69, 9.17) is 9.47 Å². The Morgan fingerprint density at radius 1 is 1.50 bits per heavy atom. The summed E-state index contributed by atoms with van der Waals surface area (Å²) in [6, 6.07) is 4.71. The zero-order valence-electron chi connectivity index (χ0n) is 10.7. The van der Waals surface area contributed by atoms with E-state index in [1.165, 1.54) is 6.07 Å². The highest BCUT2D eigenvalue weighted by Crippen LogP contribution is 2.28. The van der Waals surface area contributed by atoms with Crippen LogP contribution in [-0.4, -0.2) is 32.4 Å². The summed E-state index contributed by atoms with van der Waals surface area (Å²) in [5.41, 5.74) is 0.969. The molecule has 4 heteroatoms. The van der Waals surface area contributed by atoms with E-state index in [9.17, 15) is 4.39 Å². The van der Waals surface area contributed by atoms with E-state index >= 15 is 0 Å². The molecule has 2 rings (SSSR count). The monoisotopic (exact) mass is 253 g/mol. The maximum atomic E-state index is 13.0. The fraction of sp³-hybridized carbons (Fsp3) is 0.571. The van der Waals surface area contributed by atoms with Gasteiger partial charge in [-0.2, -0.15) is 0 Å². The Bertz CT molecular complexity index is 384. The number of hydrogen-bond acceptors (Lipinski definition) is 3. The van der Waals surface area contributed by atoms with Crippen LogP contribution in [0, 0.1) is 5.82 Å². The molecular formula is C14H20FNO2. The van der Waals surface area contributed by atoms with Gasteiger partial charge in [-0.25, -0.2) is 4.39 Å². The van der Waals surface area contributed by atoms with Gasteiger partial charge in [0, 0.05) is 31.7 Å². The lowest BCUT2D eigenvalue weighted by atomic mass is 10.1. The molecule has 0 saturated carbocycles. The molecule has 0 fully saturated rings. The van der Waals surface area contributed by atoms with Gasteiger partial charge >= 0.3 is 0 Å². The summed E-state index contributed by atoms with van der Waals surface area (Å²) in [5, 5.41) is 3.34. The van der Waals surface area contributed by atoms with E-state index < -0.39 is 0 Å². The molecule has 0 aromatic heterocycles. The third kappa shape index (κ3) is 3.68. The summed E-state index contributed by atoms with van der Waals surface area (Å²) in [4.78, 5) is 0. The fourth-order valence-electron chi connectivity index (χ4n) is 2.11. The van der Waals surface area contributed by atoms with Gasteiger partial charge in [-0.15, -0.1) is 0 Å². The van der Waals surface area contributed by atoms with Crippen molar-refractivity contribution in [3.63, 3.8) is 0 Å². The first kappa shape index (κ1) is 13.3. The van der Waals surface area contributed by atoms with Crippen molar-refractivity contribution in [3.05, 3.63) is 29.6 Å². The second kappa shape index (κ2) is 6.71. The van der Waals surface area contributed by atoms with Gasteiger partial charge < -0.3 is 14.8 Å². The average Bonchev–Trinajstić information content (AvgIpc) is 2.75. The van der Waals surface area contributed by atoms with Crippen molar-refractivity contribution in [1.29, 1.82) is 0 Å². The third-order valence-electron chi connectivity index (χ3n) is 2.98. The van der Waals surface area contributed by atoms with Gasteiger partial charge in [-0.05, 0) is 38.1 Å². The zero-order valence-corrected chi connectivity index (χ0v) is 10.7. The number of rotatable bonds is 7. The van der Waals surface area contributed by atoms with Crippen LogP contribution in [0.25, 0.3) is 0 Å². The molecule has 18 heavy (non-hydrogen) atoms. The molecule has 1 atom stereocenters. The SMILES string of the molecule is CCOCCCNCC1Cc2cc(F)ccc2O1. The topological polar surface area (TPSA) is 30.5 Å². The molecular weight excluding hydrogens is 233 g/mol. The molecule has 0 spiro atoms. The molecule has 0 amide bonds. The van der Waals surface area contributed by atoms with Crippen molar-refractivity contribution in [2.24, 2.45) is 0 Å². The highest BCUT2D eigenvalue weighted by Gasteiger charge is 2.22. The van der Waals surface area contributed by atoms with Crippen LogP contribution in [0.1, 0.15) is 18.9 Å². The Morgan fingerprint density at radius 2 is 2.39 bits per heavy atom. The zero-order chi connectivity index (χ0) is 12.8. The maximum Gasteiger partial charge on any atom is 0.123 e. The fourth-order valence-corrected chi connectivity index (χ4v) is 2.11. The van der Waals surface area contributed by atoms with Gasteiger partial charge in [0.15, 0.2) is 0 Å². The molecule has 0 radical (unpaired) electrons. The second-order valence-electron chi connectivity index (χ2n) is 4.45. The lowest BCUT2D eigenvalue weighted by Gasteiger charge is -2.11. The molecule has 1 aromatic rings. The van der Waals surface area contributed by atoms with Gasteiger partial charge in [-0.3, -0.25) is 0 Å². The van der Waals surface area contributed by atoms with E-state index in [2.05, 4.69) is 5.32 Å². The molecule has 1 aromatic carbocycles. The molecule has 0 saturated heterocycles. The first-order valence-corrected chi connectivity index (χ1v) is 6.53. The highest BCUT2D eigenvalue weighted by molar-refractivity contribution is 5.37. The van der Waals surface area contributed by atoms with Crippen molar-refractivity contribution < 1.29 is 13.9 Å². The first-order valence-electron chi connectivity index (χ1n) is 6.53. The molecule has 3 nitrogen and oxygen atoms in total. The molecule has 1 unspecified atom stereocenters. The molecule has 100 valence electrons. The van der Waals surface area contributed by atoms with Crippen molar-refractivity contribution in [2.45, 2.75) is 25.9 Å². The summed E-state index contributed by atoms with van der Waals surface area (Å²) < 4.78 is 24.0. The predicted octanol–water partition coefficient (Wildman–Crippen LogP) is 2.15. The van der Waals surface area contributed by atoms with Gasteiger partial charge in [0.1, 0.15) is 17.7 Å². The minimum Gasteiger partial charge on any atom is -0.488 e. The van der Waals surface area contributed by atoms with Gasteiger partial charge in [-0.1, -0.05) is 0 Å². The van der Waals surface area contributed by atoms with Crippen LogP contribution < -0.4 is 10.1 Å². The van der Waals surface area contributed by atoms with Crippen molar-refractivity contribution >= 4 is 0 Å². The predicted molar refractivity (Wildman–Crippen MR) is 68.5 cm³/mol. The largest absolute Gasteiger partial charge is 0.488 e. The number of hydrogen-bond donors (Lipinski definition) is 1. The minimum atomic E-state index is -0.192. The van der Waals surface area contributed by atoms with Crippen molar-refractivity contribution in [2.75, 3.05) is 26.3 Å². The second-order valence-corrected chi connectivity index (χ2v) is 4.45. The number of halogens is 1. The Kier molecular flexibility index (Phi) is 4.96. The van der Waals surface area contributed by atoms with Crippen LogP contribution in [0.15, 0.2) is 18.2 Å². The number of fused-ring (bicyclic) bond motifs is 1. The van der Waals surface area contributed by atoms with E-state index in [-0.39, 0.29) is 11.9 Å². The van der Waals surface area contributed by atoms with Crippen LogP contribution in [-0.2, 0) is 11.2 Å². The summed E-state index contributed by atoms with van der Waals surface area (Å²) in [5.74, 6) is 0.625. The summed E-state index contributed by atoms with van der Waals surface area (Å²) >= 11 is 0. The Balaban J connectivity index is 1.65. The summed E-state index contributed by atoms with van der Waals surface area (Å²) in [7, 11) is 0. The Morgan fingerprint density at radius 3 is 3.22 bits per heavy atom. The molecule has 1 N–H and O–H groups in total. The standard InChI is InChI=1S/C14H20FNO2/c1-2-17-7-3-6-16-10-13-9-11-8-12(15)4-5-14(11)18-13/h4-5,8,13,16H,2-3,6-7,9-10H2,1H3. The van der Waals surface area contributed by atoms with Crippen LogP contribution in [0.2, 0.25) is 0 Å². The first-order chi connectivity index (χ1) is 8.79. The molecule has 1 heterocycles. The summed E-state index contributed by atoms with van der Waals surface area (Å²) in [6.45, 7) is 5.27. The smallest absolute Gasteiger partial charge is 0.123 e. The van der Waals surface area contributed by atoms with E-state index in [0.717, 1.165) is 50.5 Å². The number of ether oxygens (including phenoxy) is 2. The van der Waals surface area contributed by atoms with Gasteiger partial charge in [0.2, 0.25) is 0 Å². The lowest BCUT2D eigenvalue weighted by Crippen LogP contribution is -2.31. The van der Waals surface area contributed by atoms with Crippen LogP contribution >= 0.6 is 0 Å². The normalized spacial score (nSPS) is 17.6. The number of benzene rings is 1. The maximum absolute atomic E-state index is 13.0. The third-order valence-corrected chi connectivity index (χ3v) is 2.98. The van der Waals surface area contributed by atoms with Gasteiger partial charge in [0.05, 0.1) is 0 Å². The van der Waals surface area contributed by atoms with Crippen molar-refractivity contribution in [3.8, 4) is 5.75 Å². The summed E-state index contributed by atoms with van der Waals surface area (Å²) in [6.07, 6.45) is 1.90. The molecule has 1 aliphatic rings. The van der Waals surface area contributed by atoms with Gasteiger partial charge in [0.25, 0.3) is 0 Å². The lowest BCUT2D eigenvalue weighted by molar-refractivity contribution is 0.143. The van der Waals surface area contributed by atoms with E-state index in [1.807, 2.05) is 6.92 Å². The van der Waals surface area contributed by atoms with Crippen LogP contribution in [0.3, 0.4) is 0 Å². The van der Waals surface area contributed by atoms with E-state index in [0.29, 0.717) is 0 Å². The van der Waals surface area contributed by atoms with E-state index in [1.54, 1.807) is 12.1 Å². The molecule has 1 aliphatic heterocycles. The minimum absolute atomic E-state index is 0.119. The quantitative estimate of drug-likeness (QED) is 0.755. The molecule has 0 aliphatic carbocycles. The van der Waals surface area contributed by atoms with Crippen LogP contribution in [0.5, 0.6) is 5.75 Å². The molecule has 0 bridgehead atoms. The highest BCUT2D eigenvalue weighted by atomic mass is 19.1. The van der Waals surface area contributed by atoms with Crippen LogP contribution in [0.4, 0.5) is 4.39 Å². The average molecular weight is 253 g/mol.